The fraction of sp³-hybridized carbons (Fsp3) is 0.364. The van der Waals surface area contributed by atoms with Crippen LogP contribution in [0.4, 0.5) is 15.8 Å². The Morgan fingerprint density at radius 2 is 2.31 bits per heavy atom. The number of amides is 1. The van der Waals surface area contributed by atoms with Crippen LogP contribution in [0.25, 0.3) is 0 Å². The summed E-state index contributed by atoms with van der Waals surface area (Å²) in [5.74, 6) is -0.964. The number of nitrogen functional groups attached to an aromatic ring is 1. The van der Waals surface area contributed by atoms with Crippen LogP contribution < -0.4 is 11.1 Å². The van der Waals surface area contributed by atoms with E-state index in [0.717, 1.165) is 6.42 Å². The molecular formula is C11H15FN2O2. The number of benzene rings is 1. The van der Waals surface area contributed by atoms with Crippen molar-refractivity contribution in [2.45, 2.75) is 13.3 Å². The van der Waals surface area contributed by atoms with E-state index in [4.69, 9.17) is 10.5 Å². The molecule has 3 N–H and O–H groups in total. The summed E-state index contributed by atoms with van der Waals surface area (Å²) >= 11 is 0. The number of hydrogen-bond acceptors (Lipinski definition) is 3. The lowest BCUT2D eigenvalue weighted by Gasteiger charge is -2.09. The fourth-order valence-electron chi connectivity index (χ4n) is 1.16. The van der Waals surface area contributed by atoms with E-state index in [-0.39, 0.29) is 18.0 Å². The Kier molecular flexibility index (Phi) is 4.72. The Labute approximate surface area is 93.6 Å². The number of carbonyl (C=O) groups excluding carboxylic acids is 1. The standard InChI is InChI=1S/C11H15FN2O2/c1-2-6-16-7-10(15)14-11-8(12)4-3-5-9(11)13/h3-5H,2,6-7,13H2,1H3,(H,14,15). The third kappa shape index (κ3) is 3.51. The third-order valence-corrected chi connectivity index (χ3v) is 1.89. The molecule has 0 aromatic heterocycles. The van der Waals surface area contributed by atoms with Crippen molar-refractivity contribution >= 4 is 17.3 Å². The molecule has 1 amide bonds. The number of rotatable bonds is 5. The van der Waals surface area contributed by atoms with Gasteiger partial charge in [0, 0.05) is 6.61 Å². The number of para-hydroxylation sites is 1. The molecule has 0 atom stereocenters. The van der Waals surface area contributed by atoms with E-state index in [1.165, 1.54) is 18.2 Å². The summed E-state index contributed by atoms with van der Waals surface area (Å²) in [6.07, 6.45) is 0.828. The minimum Gasteiger partial charge on any atom is -0.397 e. The normalized spacial score (nSPS) is 10.1. The zero-order valence-electron chi connectivity index (χ0n) is 9.13. The molecule has 5 heteroatoms. The zero-order chi connectivity index (χ0) is 12.0. The van der Waals surface area contributed by atoms with Gasteiger partial charge in [-0.15, -0.1) is 0 Å². The second-order valence-electron chi connectivity index (χ2n) is 3.30. The quantitative estimate of drug-likeness (QED) is 0.594. The van der Waals surface area contributed by atoms with E-state index in [1.807, 2.05) is 6.92 Å². The third-order valence-electron chi connectivity index (χ3n) is 1.89. The van der Waals surface area contributed by atoms with Gasteiger partial charge in [0.1, 0.15) is 18.1 Å². The Bertz CT molecular complexity index is 349. The lowest BCUT2D eigenvalue weighted by Crippen LogP contribution is -2.20. The van der Waals surface area contributed by atoms with E-state index in [9.17, 15) is 9.18 Å². The highest BCUT2D eigenvalue weighted by Gasteiger charge is 2.09. The number of halogens is 1. The molecule has 0 aliphatic rings. The summed E-state index contributed by atoms with van der Waals surface area (Å²) in [4.78, 5) is 11.3. The van der Waals surface area contributed by atoms with E-state index in [2.05, 4.69) is 5.32 Å². The SMILES string of the molecule is CCCOCC(=O)Nc1c(N)cccc1F. The molecule has 1 aromatic rings. The average molecular weight is 226 g/mol. The van der Waals surface area contributed by atoms with Gasteiger partial charge >= 0.3 is 0 Å². The largest absolute Gasteiger partial charge is 0.397 e. The zero-order valence-corrected chi connectivity index (χ0v) is 9.13. The molecule has 0 aliphatic carbocycles. The summed E-state index contributed by atoms with van der Waals surface area (Å²) in [7, 11) is 0. The lowest BCUT2D eigenvalue weighted by atomic mass is 10.2. The molecule has 0 spiro atoms. The van der Waals surface area contributed by atoms with Crippen molar-refractivity contribution in [2.24, 2.45) is 0 Å². The van der Waals surface area contributed by atoms with Gasteiger partial charge < -0.3 is 15.8 Å². The topological polar surface area (TPSA) is 64.3 Å². The smallest absolute Gasteiger partial charge is 0.250 e. The van der Waals surface area contributed by atoms with Crippen molar-refractivity contribution in [1.82, 2.24) is 0 Å². The second kappa shape index (κ2) is 6.07. The average Bonchev–Trinajstić information content (AvgIpc) is 2.24. The number of ether oxygens (including phenoxy) is 1. The minimum absolute atomic E-state index is 0.00704. The summed E-state index contributed by atoms with van der Waals surface area (Å²) in [6, 6.07) is 4.23. The van der Waals surface area contributed by atoms with Crippen LogP contribution in [0.1, 0.15) is 13.3 Å². The second-order valence-corrected chi connectivity index (χ2v) is 3.30. The maximum atomic E-state index is 13.3. The number of anilines is 2. The van der Waals surface area contributed by atoms with Gasteiger partial charge in [0.25, 0.3) is 5.91 Å². The van der Waals surface area contributed by atoms with Gasteiger partial charge in [-0.05, 0) is 18.6 Å². The molecule has 0 saturated heterocycles. The Balaban J connectivity index is 2.56. The number of nitrogens with one attached hydrogen (secondary N) is 1. The molecule has 0 bridgehead atoms. The van der Waals surface area contributed by atoms with E-state index in [1.54, 1.807) is 0 Å². The summed E-state index contributed by atoms with van der Waals surface area (Å²) in [5.41, 5.74) is 5.73. The molecule has 0 radical (unpaired) electrons. The van der Waals surface area contributed by atoms with Crippen LogP contribution in [-0.2, 0) is 9.53 Å². The van der Waals surface area contributed by atoms with Gasteiger partial charge in [-0.3, -0.25) is 4.79 Å². The summed E-state index contributed by atoms with van der Waals surface area (Å²) in [5, 5.41) is 2.37. The van der Waals surface area contributed by atoms with Gasteiger partial charge in [-0.2, -0.15) is 0 Å². The summed E-state index contributed by atoms with van der Waals surface area (Å²) in [6.45, 7) is 2.34. The van der Waals surface area contributed by atoms with E-state index in [0.29, 0.717) is 6.61 Å². The molecule has 1 aromatic carbocycles. The van der Waals surface area contributed by atoms with E-state index >= 15 is 0 Å². The highest BCUT2D eigenvalue weighted by molar-refractivity contribution is 5.94. The van der Waals surface area contributed by atoms with Crippen LogP contribution >= 0.6 is 0 Å². The first kappa shape index (κ1) is 12.4. The van der Waals surface area contributed by atoms with Crippen LogP contribution in [0.5, 0.6) is 0 Å². The minimum atomic E-state index is -0.552. The molecule has 1 rings (SSSR count). The molecule has 88 valence electrons. The predicted molar refractivity (Wildman–Crippen MR) is 60.6 cm³/mol. The Hall–Kier alpha value is -1.62. The van der Waals surface area contributed by atoms with Crippen molar-refractivity contribution in [3.63, 3.8) is 0 Å². The first-order valence-corrected chi connectivity index (χ1v) is 5.06. The van der Waals surface area contributed by atoms with Gasteiger partial charge in [0.05, 0.1) is 5.69 Å². The van der Waals surface area contributed by atoms with Crippen molar-refractivity contribution in [2.75, 3.05) is 24.3 Å². The fourth-order valence-corrected chi connectivity index (χ4v) is 1.16. The monoisotopic (exact) mass is 226 g/mol. The van der Waals surface area contributed by atoms with Gasteiger partial charge in [0.2, 0.25) is 0 Å². The van der Waals surface area contributed by atoms with Crippen molar-refractivity contribution in [3.05, 3.63) is 24.0 Å². The lowest BCUT2D eigenvalue weighted by molar-refractivity contribution is -0.120. The Morgan fingerprint density at radius 3 is 2.94 bits per heavy atom. The van der Waals surface area contributed by atoms with Gasteiger partial charge in [0.15, 0.2) is 0 Å². The molecular weight excluding hydrogens is 211 g/mol. The van der Waals surface area contributed by atoms with Gasteiger partial charge in [-0.25, -0.2) is 4.39 Å². The molecule has 16 heavy (non-hydrogen) atoms. The van der Waals surface area contributed by atoms with Crippen LogP contribution in [0, 0.1) is 5.82 Å². The maximum Gasteiger partial charge on any atom is 0.250 e. The highest BCUT2D eigenvalue weighted by Crippen LogP contribution is 2.21. The van der Waals surface area contributed by atoms with Crippen LogP contribution in [-0.4, -0.2) is 19.1 Å². The molecule has 0 heterocycles. The first-order chi connectivity index (χ1) is 7.65. The molecule has 0 aliphatic heterocycles. The maximum absolute atomic E-state index is 13.3. The Morgan fingerprint density at radius 1 is 1.56 bits per heavy atom. The van der Waals surface area contributed by atoms with Crippen LogP contribution in [0.3, 0.4) is 0 Å². The summed E-state index contributed by atoms with van der Waals surface area (Å²) < 4.78 is 18.3. The van der Waals surface area contributed by atoms with Crippen LogP contribution in [0.15, 0.2) is 18.2 Å². The van der Waals surface area contributed by atoms with Crippen molar-refractivity contribution < 1.29 is 13.9 Å². The van der Waals surface area contributed by atoms with Crippen molar-refractivity contribution in [1.29, 1.82) is 0 Å². The molecule has 0 fully saturated rings. The molecule has 0 unspecified atom stereocenters. The first-order valence-electron chi connectivity index (χ1n) is 5.06. The van der Waals surface area contributed by atoms with Crippen molar-refractivity contribution in [3.8, 4) is 0 Å². The molecule has 0 saturated carbocycles. The number of hydrogen-bond donors (Lipinski definition) is 2. The molecule has 4 nitrogen and oxygen atoms in total. The van der Waals surface area contributed by atoms with E-state index < -0.39 is 11.7 Å². The van der Waals surface area contributed by atoms with Gasteiger partial charge in [-0.1, -0.05) is 13.0 Å². The number of carbonyl (C=O) groups is 1. The predicted octanol–water partition coefficient (Wildman–Crippen LogP) is 1.77. The highest BCUT2D eigenvalue weighted by atomic mass is 19.1. The van der Waals surface area contributed by atoms with Crippen LogP contribution in [0.2, 0.25) is 0 Å². The number of nitrogens with two attached hydrogens (primary N) is 1.